The molecule has 1 aliphatic heterocycles. The second-order valence-corrected chi connectivity index (χ2v) is 11.9. The van der Waals surface area contributed by atoms with Gasteiger partial charge in [0, 0.05) is 65.3 Å². The second kappa shape index (κ2) is 12.4. The third kappa shape index (κ3) is 6.54. The molecule has 4 N–H and O–H groups in total. The monoisotopic (exact) mass is 560 g/mol. The molecule has 2 aromatic carbocycles. The molecule has 1 aliphatic rings. The van der Waals surface area contributed by atoms with Crippen molar-refractivity contribution in [2.24, 2.45) is 5.73 Å². The maximum Gasteiger partial charge on any atom is 0.226 e. The fraction of sp³-hybridized carbons (Fsp3) is 0.367. The van der Waals surface area contributed by atoms with E-state index < -0.39 is 0 Å². The SMILES string of the molecule is CCCSN1CCC(n2cc(-c3cccc(C(N)=S)c3)c3ccc(CNC(=O)Cc4cc(C)[nH]n4)cc32)CC1. The highest BCUT2D eigenvalue weighted by molar-refractivity contribution is 7.97. The summed E-state index contributed by atoms with van der Waals surface area (Å²) in [5.74, 6) is 1.14. The number of piperidine rings is 1. The number of fused-ring (bicyclic) bond motifs is 1. The van der Waals surface area contributed by atoms with E-state index in [4.69, 9.17) is 18.0 Å². The molecular formula is C30H36N6OS2. The summed E-state index contributed by atoms with van der Waals surface area (Å²) in [4.78, 5) is 13.0. The van der Waals surface area contributed by atoms with Gasteiger partial charge in [-0.3, -0.25) is 14.2 Å². The summed E-state index contributed by atoms with van der Waals surface area (Å²) in [5.41, 5.74) is 13.1. The number of H-pyrrole nitrogens is 1. The minimum Gasteiger partial charge on any atom is -0.389 e. The zero-order chi connectivity index (χ0) is 27.4. The lowest BCUT2D eigenvalue weighted by atomic mass is 10.0. The van der Waals surface area contributed by atoms with Gasteiger partial charge in [0.1, 0.15) is 4.99 Å². The van der Waals surface area contributed by atoms with Crippen molar-refractivity contribution in [2.75, 3.05) is 18.8 Å². The molecule has 0 atom stereocenters. The number of benzene rings is 2. The molecule has 9 heteroatoms. The Kier molecular flexibility index (Phi) is 8.69. The maximum absolute atomic E-state index is 12.6. The maximum atomic E-state index is 12.6. The Balaban J connectivity index is 1.42. The number of rotatable bonds is 10. The van der Waals surface area contributed by atoms with Crippen LogP contribution >= 0.6 is 24.2 Å². The van der Waals surface area contributed by atoms with Crippen LogP contribution in [-0.4, -0.2) is 48.8 Å². The number of nitrogens with zero attached hydrogens (tertiary/aromatic N) is 3. The van der Waals surface area contributed by atoms with E-state index in [-0.39, 0.29) is 12.3 Å². The van der Waals surface area contributed by atoms with Gasteiger partial charge in [0.15, 0.2) is 0 Å². The number of carbonyl (C=O) groups is 1. The van der Waals surface area contributed by atoms with E-state index in [0.717, 1.165) is 54.0 Å². The van der Waals surface area contributed by atoms with E-state index in [0.29, 0.717) is 17.6 Å². The summed E-state index contributed by atoms with van der Waals surface area (Å²) in [6, 6.07) is 17.0. The number of aryl methyl sites for hydroxylation is 1. The predicted octanol–water partition coefficient (Wildman–Crippen LogP) is 5.53. The summed E-state index contributed by atoms with van der Waals surface area (Å²) < 4.78 is 4.97. The second-order valence-electron chi connectivity index (χ2n) is 10.2. The standard InChI is InChI=1S/C30H36N6OS2/c1-3-13-39-35-11-9-25(10-12-35)36-19-27(22-5-4-6-23(16-22)30(31)38)26-8-7-21(15-28(26)36)18-32-29(37)17-24-14-20(2)33-34-24/h4-8,14-16,19,25H,3,9-13,17-18H2,1-2H3,(H2,31,38)(H,32,37)(H,33,34). The molecule has 1 fully saturated rings. The fourth-order valence-electron chi connectivity index (χ4n) is 5.24. The number of hydrogen-bond acceptors (Lipinski definition) is 5. The number of carbonyl (C=O) groups excluding carboxylic acids is 1. The zero-order valence-corrected chi connectivity index (χ0v) is 24.2. The Morgan fingerprint density at radius 3 is 2.74 bits per heavy atom. The van der Waals surface area contributed by atoms with Crippen LogP contribution in [0, 0.1) is 6.92 Å². The van der Waals surface area contributed by atoms with Crippen molar-refractivity contribution in [3.8, 4) is 11.1 Å². The molecule has 0 spiro atoms. The molecule has 7 nitrogen and oxygen atoms in total. The first-order valence-electron chi connectivity index (χ1n) is 13.6. The van der Waals surface area contributed by atoms with Gasteiger partial charge >= 0.3 is 0 Å². The number of aromatic nitrogens is 3. The summed E-state index contributed by atoms with van der Waals surface area (Å²) in [6.07, 6.45) is 5.97. The van der Waals surface area contributed by atoms with Crippen molar-refractivity contribution in [3.05, 3.63) is 77.2 Å². The average molecular weight is 561 g/mol. The Labute approximate surface area is 239 Å². The number of nitrogens with one attached hydrogen (secondary N) is 2. The largest absolute Gasteiger partial charge is 0.389 e. The van der Waals surface area contributed by atoms with Crippen LogP contribution in [0.4, 0.5) is 0 Å². The van der Waals surface area contributed by atoms with Crippen LogP contribution in [0.2, 0.25) is 0 Å². The van der Waals surface area contributed by atoms with Crippen LogP contribution in [0.5, 0.6) is 0 Å². The van der Waals surface area contributed by atoms with Gasteiger partial charge < -0.3 is 15.6 Å². The van der Waals surface area contributed by atoms with Crippen molar-refractivity contribution < 1.29 is 4.79 Å². The number of aromatic amines is 1. The average Bonchev–Trinajstić information content (AvgIpc) is 3.53. The van der Waals surface area contributed by atoms with Gasteiger partial charge in [0.2, 0.25) is 5.91 Å². The smallest absolute Gasteiger partial charge is 0.226 e. The van der Waals surface area contributed by atoms with Gasteiger partial charge in [-0.05, 0) is 55.5 Å². The molecule has 0 aliphatic carbocycles. The third-order valence-corrected chi connectivity index (χ3v) is 8.80. The molecule has 5 rings (SSSR count). The summed E-state index contributed by atoms with van der Waals surface area (Å²) in [6.45, 7) is 6.81. The minimum atomic E-state index is -0.0378. The molecule has 0 unspecified atom stereocenters. The number of amides is 1. The van der Waals surface area contributed by atoms with E-state index >= 15 is 0 Å². The fourth-order valence-corrected chi connectivity index (χ4v) is 6.28. The third-order valence-electron chi connectivity index (χ3n) is 7.24. The molecule has 2 aromatic heterocycles. The molecule has 1 amide bonds. The Hall–Kier alpha value is -3.14. The van der Waals surface area contributed by atoms with Crippen molar-refractivity contribution in [3.63, 3.8) is 0 Å². The van der Waals surface area contributed by atoms with Gasteiger partial charge in [-0.1, -0.05) is 61.4 Å². The Bertz CT molecular complexity index is 1470. The van der Waals surface area contributed by atoms with Gasteiger partial charge in [-0.2, -0.15) is 5.10 Å². The highest BCUT2D eigenvalue weighted by atomic mass is 32.2. The normalized spacial score (nSPS) is 14.6. The highest BCUT2D eigenvalue weighted by Crippen LogP contribution is 2.37. The number of nitrogens with two attached hydrogens (primary N) is 1. The van der Waals surface area contributed by atoms with E-state index in [1.165, 1.54) is 28.6 Å². The van der Waals surface area contributed by atoms with Crippen molar-refractivity contribution in [1.29, 1.82) is 0 Å². The lowest BCUT2D eigenvalue weighted by Gasteiger charge is -2.32. The quantitative estimate of drug-likeness (QED) is 0.175. The van der Waals surface area contributed by atoms with Crippen LogP contribution in [0.25, 0.3) is 22.0 Å². The Morgan fingerprint density at radius 2 is 2.03 bits per heavy atom. The first-order chi connectivity index (χ1) is 18.9. The van der Waals surface area contributed by atoms with Gasteiger partial charge in [0.25, 0.3) is 0 Å². The lowest BCUT2D eigenvalue weighted by Crippen LogP contribution is -2.30. The minimum absolute atomic E-state index is 0.0378. The molecule has 0 bridgehead atoms. The zero-order valence-electron chi connectivity index (χ0n) is 22.6. The molecule has 39 heavy (non-hydrogen) atoms. The molecular weight excluding hydrogens is 525 g/mol. The predicted molar refractivity (Wildman–Crippen MR) is 165 cm³/mol. The van der Waals surface area contributed by atoms with E-state index in [2.05, 4.69) is 67.8 Å². The first-order valence-corrected chi connectivity index (χ1v) is 15.0. The number of hydrogen-bond donors (Lipinski definition) is 3. The van der Waals surface area contributed by atoms with Gasteiger partial charge in [0.05, 0.1) is 12.1 Å². The van der Waals surface area contributed by atoms with Crippen molar-refractivity contribution in [1.82, 2.24) is 24.4 Å². The van der Waals surface area contributed by atoms with E-state index in [1.807, 2.05) is 37.1 Å². The lowest BCUT2D eigenvalue weighted by molar-refractivity contribution is -0.120. The van der Waals surface area contributed by atoms with Crippen LogP contribution in [-0.2, 0) is 17.8 Å². The summed E-state index contributed by atoms with van der Waals surface area (Å²) in [5, 5.41) is 11.3. The topological polar surface area (TPSA) is 92.0 Å². The van der Waals surface area contributed by atoms with Crippen LogP contribution in [0.3, 0.4) is 0 Å². The first kappa shape index (κ1) is 27.4. The summed E-state index contributed by atoms with van der Waals surface area (Å²) in [7, 11) is 0. The highest BCUT2D eigenvalue weighted by Gasteiger charge is 2.23. The molecule has 1 saturated heterocycles. The molecule has 4 aromatic rings. The van der Waals surface area contributed by atoms with Crippen molar-refractivity contribution in [2.45, 2.75) is 52.1 Å². The molecule has 0 radical (unpaired) electrons. The van der Waals surface area contributed by atoms with Gasteiger partial charge in [-0.15, -0.1) is 0 Å². The van der Waals surface area contributed by atoms with Gasteiger partial charge in [-0.25, -0.2) is 0 Å². The Morgan fingerprint density at radius 1 is 1.21 bits per heavy atom. The van der Waals surface area contributed by atoms with Crippen LogP contribution < -0.4 is 11.1 Å². The van der Waals surface area contributed by atoms with E-state index in [1.54, 1.807) is 0 Å². The van der Waals surface area contributed by atoms with Crippen LogP contribution in [0.1, 0.15) is 54.7 Å². The number of thiocarbonyl (C=S) groups is 1. The molecule has 204 valence electrons. The van der Waals surface area contributed by atoms with Crippen LogP contribution in [0.15, 0.2) is 54.7 Å². The molecule has 3 heterocycles. The molecule has 0 saturated carbocycles. The summed E-state index contributed by atoms with van der Waals surface area (Å²) >= 11 is 7.22. The van der Waals surface area contributed by atoms with Crippen molar-refractivity contribution >= 4 is 46.0 Å². The van der Waals surface area contributed by atoms with E-state index in [9.17, 15) is 4.79 Å².